The number of methoxy groups -OCH3 is 1. The lowest BCUT2D eigenvalue weighted by Crippen LogP contribution is -2.36. The molecule has 0 heterocycles. The Morgan fingerprint density at radius 3 is 2.38 bits per heavy atom. The summed E-state index contributed by atoms with van der Waals surface area (Å²) in [6, 6.07) is 9.97. The zero-order valence-electron chi connectivity index (χ0n) is 21.4. The lowest BCUT2D eigenvalue weighted by molar-refractivity contribution is -0.383. The quantitative estimate of drug-likeness (QED) is 0.281. The van der Waals surface area contributed by atoms with Crippen molar-refractivity contribution in [1.29, 1.82) is 0 Å². The summed E-state index contributed by atoms with van der Waals surface area (Å²) >= 11 is 0. The minimum absolute atomic E-state index is 0.0300. The number of hydrogen-bond donors (Lipinski definition) is 1. The van der Waals surface area contributed by atoms with Crippen LogP contribution in [0.1, 0.15) is 60.7 Å². The molecule has 1 aliphatic carbocycles. The molecule has 3 atom stereocenters. The van der Waals surface area contributed by atoms with Crippen LogP contribution >= 0.6 is 0 Å². The van der Waals surface area contributed by atoms with E-state index in [9.17, 15) is 24.5 Å². The van der Waals surface area contributed by atoms with Crippen molar-refractivity contribution in [3.05, 3.63) is 63.7 Å². The zero-order chi connectivity index (χ0) is 27.1. The summed E-state index contributed by atoms with van der Waals surface area (Å²) in [6.45, 7) is 5.63. The summed E-state index contributed by atoms with van der Waals surface area (Å²) < 4.78 is 16.0. The molecule has 0 unspecified atom stereocenters. The SMILES string of the molecule is COc1ccc([N+](=O)[O-])c(NC(=O)COC(=O)c2ccccc2C(=O)O[C@@H]2C[C@H](C)CC[C@@H]2C(C)C)c1. The second-order valence-electron chi connectivity index (χ2n) is 9.58. The molecule has 1 saturated carbocycles. The Morgan fingerprint density at radius 1 is 1.08 bits per heavy atom. The standard InChI is InChI=1S/C27H32N2O8/c1-16(2)19-11-9-17(3)13-24(19)37-27(32)21-8-6-5-7-20(21)26(31)36-15-25(30)28-22-14-18(35-4)10-12-23(22)29(33)34/h5-8,10,12,14,16-17,19,24H,9,11,13,15H2,1-4H3,(H,28,30)/t17-,19-,24-/m1/s1. The number of ether oxygens (including phenoxy) is 3. The number of nitrogens with zero attached hydrogens (tertiary/aromatic N) is 1. The molecule has 1 aliphatic rings. The van der Waals surface area contributed by atoms with Crippen LogP contribution in [0.2, 0.25) is 0 Å². The third kappa shape index (κ3) is 7.05. The fourth-order valence-electron chi connectivity index (χ4n) is 4.59. The smallest absolute Gasteiger partial charge is 0.339 e. The second-order valence-corrected chi connectivity index (χ2v) is 9.58. The molecule has 0 radical (unpaired) electrons. The van der Waals surface area contributed by atoms with Gasteiger partial charge in [-0.05, 0) is 48.8 Å². The predicted octanol–water partition coefficient (Wildman–Crippen LogP) is 5.02. The molecule has 1 fully saturated rings. The predicted molar refractivity (Wildman–Crippen MR) is 136 cm³/mol. The lowest BCUT2D eigenvalue weighted by atomic mass is 9.75. The van der Waals surface area contributed by atoms with E-state index >= 15 is 0 Å². The molecule has 10 nitrogen and oxygen atoms in total. The number of nitro benzene ring substituents is 1. The van der Waals surface area contributed by atoms with Crippen LogP contribution in [0.25, 0.3) is 0 Å². The molecule has 0 saturated heterocycles. The Labute approximate surface area is 215 Å². The van der Waals surface area contributed by atoms with E-state index in [0.29, 0.717) is 17.6 Å². The minimum atomic E-state index is -0.889. The van der Waals surface area contributed by atoms with Crippen molar-refractivity contribution in [2.24, 2.45) is 17.8 Å². The Hall–Kier alpha value is -3.95. The number of esters is 2. The van der Waals surface area contributed by atoms with E-state index in [1.807, 2.05) is 0 Å². The average molecular weight is 513 g/mol. The largest absolute Gasteiger partial charge is 0.497 e. The van der Waals surface area contributed by atoms with Gasteiger partial charge in [-0.2, -0.15) is 0 Å². The molecular weight excluding hydrogens is 480 g/mol. The highest BCUT2D eigenvalue weighted by Crippen LogP contribution is 2.36. The van der Waals surface area contributed by atoms with Crippen LogP contribution < -0.4 is 10.1 Å². The van der Waals surface area contributed by atoms with Crippen LogP contribution in [0, 0.1) is 27.9 Å². The number of hydrogen-bond acceptors (Lipinski definition) is 8. The van der Waals surface area contributed by atoms with Gasteiger partial charge in [0.05, 0.1) is 23.2 Å². The molecule has 198 valence electrons. The number of nitrogens with one attached hydrogen (secondary N) is 1. The number of carbonyl (C=O) groups is 3. The van der Waals surface area contributed by atoms with Crippen LogP contribution in [-0.2, 0) is 14.3 Å². The highest BCUT2D eigenvalue weighted by atomic mass is 16.6. The van der Waals surface area contributed by atoms with Gasteiger partial charge < -0.3 is 19.5 Å². The van der Waals surface area contributed by atoms with E-state index in [0.717, 1.165) is 19.3 Å². The molecular formula is C27H32N2O8. The number of nitro groups is 1. The number of carbonyl (C=O) groups excluding carboxylic acids is 3. The molecule has 37 heavy (non-hydrogen) atoms. The highest BCUT2D eigenvalue weighted by Gasteiger charge is 2.34. The van der Waals surface area contributed by atoms with E-state index < -0.39 is 29.4 Å². The number of benzene rings is 2. The van der Waals surface area contributed by atoms with Gasteiger partial charge in [-0.1, -0.05) is 39.3 Å². The third-order valence-corrected chi connectivity index (χ3v) is 6.60. The van der Waals surface area contributed by atoms with Crippen molar-refractivity contribution in [1.82, 2.24) is 0 Å². The Bertz CT molecular complexity index is 1160. The van der Waals surface area contributed by atoms with Crippen molar-refractivity contribution in [3.63, 3.8) is 0 Å². The zero-order valence-corrected chi connectivity index (χ0v) is 21.4. The van der Waals surface area contributed by atoms with Crippen molar-refractivity contribution >= 4 is 29.2 Å². The van der Waals surface area contributed by atoms with Crippen LogP contribution in [-0.4, -0.2) is 42.6 Å². The van der Waals surface area contributed by atoms with Crippen molar-refractivity contribution in [2.45, 2.75) is 46.1 Å². The summed E-state index contributed by atoms with van der Waals surface area (Å²) in [5.74, 6) is -0.966. The monoisotopic (exact) mass is 512 g/mol. The Morgan fingerprint density at radius 2 is 1.76 bits per heavy atom. The fourth-order valence-corrected chi connectivity index (χ4v) is 4.59. The van der Waals surface area contributed by atoms with Gasteiger partial charge in [-0.3, -0.25) is 14.9 Å². The fraction of sp³-hybridized carbons (Fsp3) is 0.444. The van der Waals surface area contributed by atoms with Gasteiger partial charge in [-0.15, -0.1) is 0 Å². The molecule has 2 aromatic carbocycles. The summed E-state index contributed by atoms with van der Waals surface area (Å²) in [7, 11) is 1.38. The normalized spacial score (nSPS) is 19.1. The van der Waals surface area contributed by atoms with E-state index in [-0.39, 0.29) is 34.5 Å². The van der Waals surface area contributed by atoms with Gasteiger partial charge >= 0.3 is 11.9 Å². The maximum atomic E-state index is 13.1. The summed E-state index contributed by atoms with van der Waals surface area (Å²) in [5, 5.41) is 13.6. The van der Waals surface area contributed by atoms with E-state index in [1.165, 1.54) is 37.4 Å². The van der Waals surface area contributed by atoms with Gasteiger partial charge in [0.25, 0.3) is 11.6 Å². The van der Waals surface area contributed by atoms with Crippen molar-refractivity contribution in [2.75, 3.05) is 19.0 Å². The van der Waals surface area contributed by atoms with Gasteiger partial charge in [0.2, 0.25) is 0 Å². The third-order valence-electron chi connectivity index (χ3n) is 6.60. The summed E-state index contributed by atoms with van der Waals surface area (Å²) in [4.78, 5) is 48.8. The highest BCUT2D eigenvalue weighted by molar-refractivity contribution is 6.04. The molecule has 0 aromatic heterocycles. The molecule has 2 aromatic rings. The van der Waals surface area contributed by atoms with Gasteiger partial charge in [0.15, 0.2) is 6.61 Å². The molecule has 3 rings (SSSR count). The number of anilines is 1. The minimum Gasteiger partial charge on any atom is -0.497 e. The lowest BCUT2D eigenvalue weighted by Gasteiger charge is -2.36. The molecule has 1 amide bonds. The van der Waals surface area contributed by atoms with Crippen LogP contribution in [0.5, 0.6) is 5.75 Å². The van der Waals surface area contributed by atoms with Gasteiger partial charge in [0.1, 0.15) is 17.5 Å². The summed E-state index contributed by atoms with van der Waals surface area (Å²) in [5.41, 5.74) is -0.421. The van der Waals surface area contributed by atoms with Crippen molar-refractivity contribution < 1.29 is 33.5 Å². The van der Waals surface area contributed by atoms with E-state index in [1.54, 1.807) is 12.1 Å². The maximum Gasteiger partial charge on any atom is 0.339 e. The van der Waals surface area contributed by atoms with Gasteiger partial charge in [0, 0.05) is 12.1 Å². The van der Waals surface area contributed by atoms with Crippen LogP contribution in [0.15, 0.2) is 42.5 Å². The molecule has 0 aliphatic heterocycles. The number of amides is 1. The first-order valence-electron chi connectivity index (χ1n) is 12.2. The number of rotatable bonds is 9. The van der Waals surface area contributed by atoms with E-state index in [2.05, 4.69) is 26.1 Å². The first kappa shape index (κ1) is 27.6. The van der Waals surface area contributed by atoms with E-state index in [4.69, 9.17) is 14.2 Å². The Kier molecular flexibility index (Phi) is 9.21. The van der Waals surface area contributed by atoms with Gasteiger partial charge in [-0.25, -0.2) is 9.59 Å². The molecule has 10 heteroatoms. The second kappa shape index (κ2) is 12.3. The average Bonchev–Trinajstić information content (AvgIpc) is 2.86. The molecule has 0 bridgehead atoms. The topological polar surface area (TPSA) is 134 Å². The Balaban J connectivity index is 1.68. The van der Waals surface area contributed by atoms with Crippen LogP contribution in [0.3, 0.4) is 0 Å². The van der Waals surface area contributed by atoms with Crippen molar-refractivity contribution in [3.8, 4) is 5.75 Å². The van der Waals surface area contributed by atoms with Crippen LogP contribution in [0.4, 0.5) is 11.4 Å². The maximum absolute atomic E-state index is 13.1. The first-order chi connectivity index (χ1) is 17.6. The molecule has 0 spiro atoms. The first-order valence-corrected chi connectivity index (χ1v) is 12.2. The summed E-state index contributed by atoms with van der Waals surface area (Å²) in [6.07, 6.45) is 2.57. The molecule has 1 N–H and O–H groups in total.